The average Bonchev–Trinajstić information content (AvgIpc) is 3.03. The lowest BCUT2D eigenvalue weighted by molar-refractivity contribution is -0.656. The maximum absolute atomic E-state index is 12.4. The zero-order chi connectivity index (χ0) is 20.4. The third-order valence-corrected chi connectivity index (χ3v) is 6.24. The number of nitrogens with zero attached hydrogens (tertiary/aromatic N) is 2. The molecule has 8 heteroatoms. The summed E-state index contributed by atoms with van der Waals surface area (Å²) in [6.45, 7) is 0.747. The normalized spacial score (nSPS) is 21.5. The minimum Gasteiger partial charge on any atom is -0.494 e. The Labute approximate surface area is 172 Å². The quantitative estimate of drug-likeness (QED) is 0.718. The Morgan fingerprint density at radius 1 is 1.14 bits per heavy atom. The fourth-order valence-corrected chi connectivity index (χ4v) is 4.92. The molecule has 1 atom stereocenters. The van der Waals surface area contributed by atoms with Gasteiger partial charge in [0.05, 0.1) is 13.2 Å². The summed E-state index contributed by atoms with van der Waals surface area (Å²) >= 11 is 1.71. The molecule has 0 saturated heterocycles. The second-order valence-electron chi connectivity index (χ2n) is 6.87. The smallest absolute Gasteiger partial charge is 0.387 e. The van der Waals surface area contributed by atoms with Crippen LogP contribution in [0.5, 0.6) is 11.5 Å². The van der Waals surface area contributed by atoms with Gasteiger partial charge in [-0.25, -0.2) is 9.48 Å². The first kappa shape index (κ1) is 20.0. The molecular weight excluding hydrogens is 398 g/mol. The highest BCUT2D eigenvalue weighted by Crippen LogP contribution is 2.38. The van der Waals surface area contributed by atoms with E-state index >= 15 is 0 Å². The highest BCUT2D eigenvalue weighted by atomic mass is 32.2. The Morgan fingerprint density at radius 2 is 1.83 bits per heavy atom. The summed E-state index contributed by atoms with van der Waals surface area (Å²) in [5.74, 6) is 1.86. The summed E-state index contributed by atoms with van der Waals surface area (Å²) in [5.41, 5.74) is 0.369. The fraction of sp³-hybridized carbons (Fsp3) is 0.381. The molecule has 2 heterocycles. The molecule has 1 N–H and O–H groups in total. The van der Waals surface area contributed by atoms with Gasteiger partial charge in [0.1, 0.15) is 17.2 Å². The van der Waals surface area contributed by atoms with E-state index in [0.29, 0.717) is 18.7 Å². The van der Waals surface area contributed by atoms with Gasteiger partial charge in [0.2, 0.25) is 0 Å². The zero-order valence-corrected chi connectivity index (χ0v) is 16.9. The van der Waals surface area contributed by atoms with Crippen molar-refractivity contribution < 1.29 is 27.9 Å². The highest BCUT2D eigenvalue weighted by Gasteiger charge is 2.53. The van der Waals surface area contributed by atoms with Crippen molar-refractivity contribution in [1.82, 2.24) is 0 Å². The van der Waals surface area contributed by atoms with Crippen LogP contribution in [-0.2, 0) is 5.72 Å². The molecule has 0 unspecified atom stereocenters. The average molecular weight is 421 g/mol. The van der Waals surface area contributed by atoms with E-state index < -0.39 is 12.3 Å². The number of alkyl halides is 2. The van der Waals surface area contributed by atoms with Crippen LogP contribution in [0.15, 0.2) is 48.5 Å². The maximum atomic E-state index is 12.4. The van der Waals surface area contributed by atoms with E-state index in [0.717, 1.165) is 35.3 Å². The van der Waals surface area contributed by atoms with Gasteiger partial charge in [-0.3, -0.25) is 0 Å². The van der Waals surface area contributed by atoms with E-state index in [2.05, 4.69) is 9.64 Å². The molecule has 154 valence electrons. The molecule has 0 spiro atoms. The molecule has 2 aromatic rings. The van der Waals surface area contributed by atoms with Crippen LogP contribution in [-0.4, -0.2) is 46.9 Å². The van der Waals surface area contributed by atoms with Gasteiger partial charge in [0, 0.05) is 11.3 Å². The van der Waals surface area contributed by atoms with Crippen LogP contribution in [0.2, 0.25) is 0 Å². The van der Waals surface area contributed by atoms with Gasteiger partial charge < -0.3 is 14.6 Å². The first-order valence-electron chi connectivity index (χ1n) is 9.57. The van der Waals surface area contributed by atoms with Crippen molar-refractivity contribution in [2.75, 3.05) is 30.3 Å². The van der Waals surface area contributed by atoms with Gasteiger partial charge in [-0.05, 0) is 73.6 Å². The SMILES string of the molecule is CCOc1ccc(N2C[C@](O)(c3ccc(OC(F)F)cc3)[N+]3=C2SCCC3)cc1. The Balaban J connectivity index is 1.65. The monoisotopic (exact) mass is 421 g/mol. The fourth-order valence-electron chi connectivity index (χ4n) is 3.74. The van der Waals surface area contributed by atoms with Crippen molar-refractivity contribution in [3.05, 3.63) is 54.1 Å². The molecule has 29 heavy (non-hydrogen) atoms. The summed E-state index contributed by atoms with van der Waals surface area (Å²) in [5, 5.41) is 12.6. The molecule has 0 aliphatic carbocycles. The maximum Gasteiger partial charge on any atom is 0.387 e. The molecule has 0 fully saturated rings. The predicted octanol–water partition coefficient (Wildman–Crippen LogP) is 3.86. The van der Waals surface area contributed by atoms with Crippen LogP contribution in [0, 0.1) is 0 Å². The van der Waals surface area contributed by atoms with E-state index in [1.165, 1.54) is 12.1 Å². The Kier molecular flexibility index (Phi) is 5.65. The van der Waals surface area contributed by atoms with E-state index in [4.69, 9.17) is 4.74 Å². The summed E-state index contributed by atoms with van der Waals surface area (Å²) in [4.78, 5) is 2.10. The van der Waals surface area contributed by atoms with Crippen molar-refractivity contribution in [3.63, 3.8) is 0 Å². The third-order valence-electron chi connectivity index (χ3n) is 5.05. The van der Waals surface area contributed by atoms with Crippen LogP contribution >= 0.6 is 11.8 Å². The molecule has 2 aromatic carbocycles. The third kappa shape index (κ3) is 3.91. The van der Waals surface area contributed by atoms with E-state index in [-0.39, 0.29) is 5.75 Å². The van der Waals surface area contributed by atoms with Crippen molar-refractivity contribution >= 4 is 22.6 Å². The molecule has 0 saturated carbocycles. The number of thioether (sulfide) groups is 1. The summed E-state index contributed by atoms with van der Waals surface area (Å²) in [6.07, 6.45) is 0.959. The number of halogens is 2. The van der Waals surface area contributed by atoms with Crippen LogP contribution in [0.4, 0.5) is 14.5 Å². The molecule has 5 nitrogen and oxygen atoms in total. The topological polar surface area (TPSA) is 44.9 Å². The molecule has 0 bridgehead atoms. The van der Waals surface area contributed by atoms with Crippen LogP contribution in [0.25, 0.3) is 0 Å². The van der Waals surface area contributed by atoms with Gasteiger partial charge in [-0.2, -0.15) is 8.78 Å². The van der Waals surface area contributed by atoms with Gasteiger partial charge >= 0.3 is 11.8 Å². The lowest BCUT2D eigenvalue weighted by atomic mass is 10.0. The van der Waals surface area contributed by atoms with Gasteiger partial charge in [0.25, 0.3) is 5.72 Å². The second kappa shape index (κ2) is 8.20. The lowest BCUT2D eigenvalue weighted by Gasteiger charge is -2.24. The molecule has 0 amide bonds. The number of aliphatic hydroxyl groups is 1. The van der Waals surface area contributed by atoms with E-state index in [1.807, 2.05) is 35.8 Å². The number of β-amino-alcohol motifs (C(OH)–C–C–N with tert-alkyl or cyclic N) is 1. The molecule has 4 rings (SSSR count). The minimum atomic E-state index is -2.87. The first-order valence-corrected chi connectivity index (χ1v) is 10.6. The minimum absolute atomic E-state index is 0.0749. The largest absolute Gasteiger partial charge is 0.494 e. The molecule has 0 radical (unpaired) electrons. The number of amidine groups is 1. The number of anilines is 1. The highest BCUT2D eigenvalue weighted by molar-refractivity contribution is 8.13. The molecule has 0 aromatic heterocycles. The molecule has 2 aliphatic rings. The number of hydrogen-bond donors (Lipinski definition) is 1. The van der Waals surface area contributed by atoms with Crippen molar-refractivity contribution in [3.8, 4) is 11.5 Å². The second-order valence-corrected chi connectivity index (χ2v) is 7.93. The lowest BCUT2D eigenvalue weighted by Crippen LogP contribution is -2.41. The van der Waals surface area contributed by atoms with Gasteiger partial charge in [-0.15, -0.1) is 0 Å². The molecule has 2 aliphatic heterocycles. The predicted molar refractivity (Wildman–Crippen MR) is 109 cm³/mol. The van der Waals surface area contributed by atoms with Crippen LogP contribution in [0.3, 0.4) is 0 Å². The molecular formula is C21H23F2N2O3S+. The van der Waals surface area contributed by atoms with Crippen molar-refractivity contribution in [2.24, 2.45) is 0 Å². The number of benzene rings is 2. The Hall–Kier alpha value is -2.32. The number of ether oxygens (including phenoxy) is 2. The van der Waals surface area contributed by atoms with E-state index in [1.54, 1.807) is 23.9 Å². The van der Waals surface area contributed by atoms with Crippen molar-refractivity contribution in [2.45, 2.75) is 25.7 Å². The Bertz CT molecular complexity index is 890. The van der Waals surface area contributed by atoms with Gasteiger partial charge in [0.15, 0.2) is 6.54 Å². The summed E-state index contributed by atoms with van der Waals surface area (Å²) in [7, 11) is 0. The van der Waals surface area contributed by atoms with Crippen LogP contribution in [0.1, 0.15) is 18.9 Å². The van der Waals surface area contributed by atoms with Gasteiger partial charge in [-0.1, -0.05) is 0 Å². The van der Waals surface area contributed by atoms with E-state index in [9.17, 15) is 13.9 Å². The standard InChI is InChI=1S/C21H23F2N2O3S/c1-2-27-17-10-6-16(7-11-17)24-14-21(26,25-12-3-13-29-20(24)25)15-4-8-18(9-5-15)28-19(22)23/h4-11,19,26H,2-3,12-14H2,1H3/q+1/t21-/m0/s1. The first-order chi connectivity index (χ1) is 14.0. The number of rotatable bonds is 6. The zero-order valence-electron chi connectivity index (χ0n) is 16.1. The summed E-state index contributed by atoms with van der Waals surface area (Å²) < 4.78 is 36.8. The number of hydrogen-bond acceptors (Lipinski definition) is 5. The summed E-state index contributed by atoms with van der Waals surface area (Å²) in [6, 6.07) is 14.0. The van der Waals surface area contributed by atoms with Crippen molar-refractivity contribution in [1.29, 1.82) is 0 Å². The Morgan fingerprint density at radius 3 is 2.48 bits per heavy atom. The van der Waals surface area contributed by atoms with Crippen LogP contribution < -0.4 is 14.4 Å².